The molecule has 30 heavy (non-hydrogen) atoms. The number of hydrogen-bond donors (Lipinski definition) is 0. The summed E-state index contributed by atoms with van der Waals surface area (Å²) in [6, 6.07) is 22.1. The van der Waals surface area contributed by atoms with Gasteiger partial charge in [-0.3, -0.25) is 4.18 Å². The van der Waals surface area contributed by atoms with Crippen molar-refractivity contribution in [3.8, 4) is 0 Å². The molecule has 3 aromatic rings. The Kier molecular flexibility index (Phi) is 6.48. The molecule has 0 N–H and O–H groups in total. The Morgan fingerprint density at radius 1 is 0.667 bits per heavy atom. The maximum absolute atomic E-state index is 13.0. The average Bonchev–Trinajstić information content (AvgIpc) is 2.72. The van der Waals surface area contributed by atoms with Crippen molar-refractivity contribution in [3.05, 3.63) is 89.5 Å². The molecule has 158 valence electrons. The molecule has 6 heteroatoms. The van der Waals surface area contributed by atoms with Crippen LogP contribution in [-0.2, 0) is 14.3 Å². The summed E-state index contributed by atoms with van der Waals surface area (Å²) >= 11 is 0. The Morgan fingerprint density at radius 3 is 1.43 bits per heavy atom. The Hall–Kier alpha value is -2.83. The molecule has 0 radical (unpaired) electrons. The lowest BCUT2D eigenvalue weighted by Crippen LogP contribution is -2.15. The lowest BCUT2D eigenvalue weighted by molar-refractivity contribution is 0.253. The van der Waals surface area contributed by atoms with Crippen LogP contribution < -0.4 is 9.80 Å². The maximum atomic E-state index is 13.0. The Bertz CT molecular complexity index is 1020. The molecule has 0 saturated carbocycles. The first-order valence-electron chi connectivity index (χ1n) is 9.72. The van der Waals surface area contributed by atoms with E-state index in [1.54, 1.807) is 24.3 Å². The second-order valence-corrected chi connectivity index (χ2v) is 9.29. The van der Waals surface area contributed by atoms with Crippen molar-refractivity contribution in [2.24, 2.45) is 0 Å². The molecular weight excluding hydrogens is 396 g/mol. The lowest BCUT2D eigenvalue weighted by Gasteiger charge is -2.21. The first-order chi connectivity index (χ1) is 14.2. The van der Waals surface area contributed by atoms with Crippen LogP contribution in [0.3, 0.4) is 0 Å². The Morgan fingerprint density at radius 2 is 1.07 bits per heavy atom. The molecule has 0 bridgehead atoms. The molecule has 0 heterocycles. The monoisotopic (exact) mass is 424 g/mol. The van der Waals surface area contributed by atoms with Gasteiger partial charge >= 0.3 is 0 Å². The zero-order valence-corrected chi connectivity index (χ0v) is 18.8. The molecule has 0 saturated heterocycles. The van der Waals surface area contributed by atoms with E-state index in [9.17, 15) is 8.42 Å². The van der Waals surface area contributed by atoms with E-state index >= 15 is 0 Å². The molecule has 5 nitrogen and oxygen atoms in total. The van der Waals surface area contributed by atoms with Crippen LogP contribution in [0.15, 0.2) is 77.7 Å². The van der Waals surface area contributed by atoms with Gasteiger partial charge in [0.1, 0.15) is 6.10 Å². The zero-order valence-electron chi connectivity index (χ0n) is 18.0. The molecule has 3 aromatic carbocycles. The zero-order chi connectivity index (χ0) is 21.9. The van der Waals surface area contributed by atoms with Crippen molar-refractivity contribution in [2.75, 3.05) is 38.0 Å². The molecule has 0 aliphatic carbocycles. The fourth-order valence-corrected chi connectivity index (χ4v) is 4.14. The van der Waals surface area contributed by atoms with Crippen LogP contribution in [0.5, 0.6) is 0 Å². The van der Waals surface area contributed by atoms with Crippen molar-refractivity contribution in [1.82, 2.24) is 0 Å². The summed E-state index contributed by atoms with van der Waals surface area (Å²) in [6.07, 6.45) is -0.747. The summed E-state index contributed by atoms with van der Waals surface area (Å²) in [6.45, 7) is 1.92. The van der Waals surface area contributed by atoms with Crippen LogP contribution in [0.25, 0.3) is 0 Å². The number of rotatable bonds is 7. The van der Waals surface area contributed by atoms with Gasteiger partial charge in [0.25, 0.3) is 10.1 Å². The minimum absolute atomic E-state index is 0.146. The molecule has 0 aliphatic heterocycles. The van der Waals surface area contributed by atoms with E-state index in [1.165, 1.54) is 0 Å². The third-order valence-electron chi connectivity index (χ3n) is 4.96. The molecule has 0 fully saturated rings. The van der Waals surface area contributed by atoms with Gasteiger partial charge in [-0.25, -0.2) is 0 Å². The Labute approximate surface area is 179 Å². The third-order valence-corrected chi connectivity index (χ3v) is 6.25. The van der Waals surface area contributed by atoms with E-state index < -0.39 is 16.2 Å². The van der Waals surface area contributed by atoms with Gasteiger partial charge in [0.2, 0.25) is 0 Å². The normalized spacial score (nSPS) is 11.5. The highest BCUT2D eigenvalue weighted by atomic mass is 32.2. The summed E-state index contributed by atoms with van der Waals surface area (Å²) in [7, 11) is 3.91. The summed E-state index contributed by atoms with van der Waals surface area (Å²) in [5.74, 6) is 0. The van der Waals surface area contributed by atoms with Crippen molar-refractivity contribution < 1.29 is 12.6 Å². The second kappa shape index (κ2) is 8.90. The fourth-order valence-electron chi connectivity index (χ4n) is 3.09. The minimum atomic E-state index is -3.95. The van der Waals surface area contributed by atoms with Gasteiger partial charge in [0.05, 0.1) is 4.90 Å². The van der Waals surface area contributed by atoms with Crippen LogP contribution in [0.4, 0.5) is 11.4 Å². The highest BCUT2D eigenvalue weighted by Crippen LogP contribution is 2.32. The van der Waals surface area contributed by atoms with E-state index in [0.717, 1.165) is 28.1 Å². The van der Waals surface area contributed by atoms with Gasteiger partial charge < -0.3 is 9.80 Å². The van der Waals surface area contributed by atoms with Gasteiger partial charge in [-0.2, -0.15) is 8.42 Å². The third kappa shape index (κ3) is 5.01. The number of anilines is 2. The largest absolute Gasteiger partial charge is 0.378 e. The first-order valence-corrected chi connectivity index (χ1v) is 11.1. The second-order valence-electron chi connectivity index (χ2n) is 7.72. The van der Waals surface area contributed by atoms with Crippen LogP contribution in [0.2, 0.25) is 0 Å². The SMILES string of the molecule is Cc1ccc(S(=O)(=O)OC(c2ccc(N(C)C)cc2)c2ccc(N(C)C)cc2)cc1. The number of benzene rings is 3. The van der Waals surface area contributed by atoms with Gasteiger partial charge in [-0.1, -0.05) is 42.0 Å². The van der Waals surface area contributed by atoms with Crippen LogP contribution in [0, 0.1) is 6.92 Å². The summed E-state index contributed by atoms with van der Waals surface area (Å²) in [4.78, 5) is 4.14. The van der Waals surface area contributed by atoms with Gasteiger partial charge in [0, 0.05) is 39.6 Å². The van der Waals surface area contributed by atoms with E-state index in [4.69, 9.17) is 4.18 Å². The standard InChI is InChI=1S/C24H28N2O3S/c1-18-6-16-23(17-7-18)30(27,28)29-24(19-8-12-21(13-9-19)25(2)3)20-10-14-22(15-11-20)26(4)5/h6-17,24H,1-5H3. The van der Waals surface area contributed by atoms with Crippen LogP contribution in [0.1, 0.15) is 22.8 Å². The topological polar surface area (TPSA) is 49.9 Å². The summed E-state index contributed by atoms with van der Waals surface area (Å²) < 4.78 is 31.8. The van der Waals surface area contributed by atoms with Gasteiger partial charge in [-0.05, 0) is 54.4 Å². The highest BCUT2D eigenvalue weighted by Gasteiger charge is 2.25. The molecule has 3 rings (SSSR count). The van der Waals surface area contributed by atoms with E-state index in [-0.39, 0.29) is 4.90 Å². The van der Waals surface area contributed by atoms with Crippen molar-refractivity contribution in [1.29, 1.82) is 0 Å². The molecular formula is C24H28N2O3S. The first kappa shape index (κ1) is 21.9. The molecule has 0 atom stereocenters. The molecule has 0 aromatic heterocycles. The molecule has 0 aliphatic rings. The predicted octanol–water partition coefficient (Wildman–Crippen LogP) is 4.62. The highest BCUT2D eigenvalue weighted by molar-refractivity contribution is 7.86. The molecule has 0 spiro atoms. The smallest absolute Gasteiger partial charge is 0.297 e. The maximum Gasteiger partial charge on any atom is 0.297 e. The minimum Gasteiger partial charge on any atom is -0.378 e. The van der Waals surface area contributed by atoms with E-state index in [1.807, 2.05) is 93.4 Å². The lowest BCUT2D eigenvalue weighted by atomic mass is 10.0. The van der Waals surface area contributed by atoms with Crippen molar-refractivity contribution in [2.45, 2.75) is 17.9 Å². The Balaban J connectivity index is 2.01. The summed E-state index contributed by atoms with van der Waals surface area (Å²) in [5.41, 5.74) is 4.59. The summed E-state index contributed by atoms with van der Waals surface area (Å²) in [5, 5.41) is 0. The number of hydrogen-bond acceptors (Lipinski definition) is 5. The molecule has 0 unspecified atom stereocenters. The van der Waals surface area contributed by atoms with E-state index in [0.29, 0.717) is 0 Å². The number of nitrogens with zero attached hydrogens (tertiary/aromatic N) is 2. The number of aryl methyl sites for hydroxylation is 1. The average molecular weight is 425 g/mol. The van der Waals surface area contributed by atoms with Gasteiger partial charge in [0.15, 0.2) is 0 Å². The van der Waals surface area contributed by atoms with Crippen LogP contribution in [-0.4, -0.2) is 36.6 Å². The predicted molar refractivity (Wildman–Crippen MR) is 123 cm³/mol. The quantitative estimate of drug-likeness (QED) is 0.518. The van der Waals surface area contributed by atoms with Crippen molar-refractivity contribution >= 4 is 21.5 Å². The fraction of sp³-hybridized carbons (Fsp3) is 0.250. The van der Waals surface area contributed by atoms with Crippen molar-refractivity contribution in [3.63, 3.8) is 0 Å². The van der Waals surface area contributed by atoms with Gasteiger partial charge in [-0.15, -0.1) is 0 Å². The van der Waals surface area contributed by atoms with Crippen LogP contribution >= 0.6 is 0 Å². The van der Waals surface area contributed by atoms with E-state index in [2.05, 4.69) is 0 Å². The molecule has 0 amide bonds.